The zero-order chi connectivity index (χ0) is 108. The van der Waals surface area contributed by atoms with Crippen LogP contribution in [-0.4, -0.2) is 164 Å². The smallest absolute Gasteiger partial charge is 0.425 e. The number of ether oxygens (including phenoxy) is 6. The fraction of sp³-hybridized carbons (Fsp3) is 0.452. The molecule has 10 rings (SSSR count). The second kappa shape index (κ2) is 80.4. The highest BCUT2D eigenvalue weighted by molar-refractivity contribution is 8.13. The second-order valence-electron chi connectivity index (χ2n) is 27.3. The number of azide groups is 1. The van der Waals surface area contributed by atoms with Crippen LogP contribution in [0.2, 0.25) is 0 Å². The number of esters is 5. The highest BCUT2D eigenvalue weighted by Crippen LogP contribution is 2.52. The molecule has 2 aliphatic heterocycles. The van der Waals surface area contributed by atoms with Crippen molar-refractivity contribution in [2.45, 2.75) is 232 Å². The topological polar surface area (TPSA) is 530 Å². The maximum absolute atomic E-state index is 12.0. The summed E-state index contributed by atoms with van der Waals surface area (Å²) in [6, 6.07) is 26.1. The Bertz CT molecular complexity index is 4990. The van der Waals surface area contributed by atoms with Crippen LogP contribution >= 0.6 is 69.8 Å². The number of imidazole rings is 1. The van der Waals surface area contributed by atoms with E-state index in [1.165, 1.54) is 49.2 Å². The Morgan fingerprint density at radius 1 is 0.617 bits per heavy atom. The summed E-state index contributed by atoms with van der Waals surface area (Å²) in [4.78, 5) is 224. The fourth-order valence-corrected chi connectivity index (χ4v) is 10.6. The molecule has 48 heteroatoms. The van der Waals surface area contributed by atoms with Gasteiger partial charge in [0.15, 0.2) is 10.0 Å². The number of carbonyl (C=O) groups excluding carboxylic acids is 18. The van der Waals surface area contributed by atoms with Crippen molar-refractivity contribution >= 4 is 186 Å². The number of thioether (sulfide) groups is 1. The monoisotopic (exact) mass is 2130 g/mol. The average molecular weight is 2140 g/mol. The molecule has 2 saturated heterocycles. The van der Waals surface area contributed by atoms with E-state index in [0.717, 1.165) is 21.6 Å². The van der Waals surface area contributed by atoms with Crippen LogP contribution < -0.4 is 36.9 Å². The number of hydrogen-bond acceptors (Lipinski definition) is 32. The van der Waals surface area contributed by atoms with E-state index in [4.69, 9.17) is 92.6 Å². The lowest BCUT2D eigenvalue weighted by Crippen LogP contribution is -3.00. The number of Topliss-reactive ketones (excluding diaryl/α,β-unsaturated/α-hetero) is 1. The van der Waals surface area contributed by atoms with Crippen LogP contribution in [0.5, 0.6) is 17.4 Å². The number of carbonyl (C=O) groups is 18. The second-order valence-corrected chi connectivity index (χ2v) is 33.7. The van der Waals surface area contributed by atoms with Crippen molar-refractivity contribution in [3.05, 3.63) is 180 Å². The van der Waals surface area contributed by atoms with Gasteiger partial charge in [0.25, 0.3) is 35.9 Å². The Kier molecular flexibility index (Phi) is 78.1. The number of ketones is 1. The number of pyridine rings is 2. The number of nitriles is 1. The number of hydrogen-bond donors (Lipinski definition) is 0. The van der Waals surface area contributed by atoms with E-state index in [9.17, 15) is 90.7 Å². The number of imide groups is 2. The van der Waals surface area contributed by atoms with Crippen LogP contribution in [0.1, 0.15) is 221 Å². The van der Waals surface area contributed by atoms with E-state index in [-0.39, 0.29) is 162 Å². The van der Waals surface area contributed by atoms with Gasteiger partial charge in [0.05, 0.1) is 32.2 Å². The van der Waals surface area contributed by atoms with Crippen molar-refractivity contribution in [3.63, 3.8) is 0 Å². The van der Waals surface area contributed by atoms with Gasteiger partial charge in [-0.15, -0.1) is 10.1 Å². The number of halogens is 7. The number of fused-ring (bicyclic) bond motifs is 5. The predicted molar refractivity (Wildman–Crippen MR) is 518 cm³/mol. The molecular formula is C93H121Cl6FN11O28S2+. The van der Waals surface area contributed by atoms with Gasteiger partial charge in [0, 0.05) is 137 Å². The number of benzene rings is 2. The Morgan fingerprint density at radius 2 is 1.07 bits per heavy atom. The number of methoxy groups -OCH3 is 1. The zero-order valence-electron chi connectivity index (χ0n) is 81.7. The van der Waals surface area contributed by atoms with E-state index < -0.39 is 56.8 Å². The maximum Gasteiger partial charge on any atom is 0.425 e. The molecule has 2 bridgehead atoms. The highest BCUT2D eigenvalue weighted by Gasteiger charge is 2.61. The lowest BCUT2D eigenvalue weighted by molar-refractivity contribution is -0.670. The van der Waals surface area contributed by atoms with Crippen molar-refractivity contribution in [2.24, 2.45) is 35.8 Å². The molecule has 39 nitrogen and oxygen atoms in total. The number of hydroxylamine groups is 4. The van der Waals surface area contributed by atoms with Crippen molar-refractivity contribution in [1.29, 1.82) is 5.26 Å². The van der Waals surface area contributed by atoms with Gasteiger partial charge >= 0.3 is 59.5 Å². The van der Waals surface area contributed by atoms with Gasteiger partial charge in [-0.2, -0.15) is 14.2 Å². The number of amides is 5. The third kappa shape index (κ3) is 63.9. The molecule has 1 saturated carbocycles. The molecule has 5 unspecified atom stereocenters. The van der Waals surface area contributed by atoms with Gasteiger partial charge < -0.3 is 54.9 Å². The Hall–Kier alpha value is -12.3. The van der Waals surface area contributed by atoms with E-state index in [1.807, 2.05) is 105 Å². The SMILES string of the molecule is C=C(OC)OC(=O)CC.CCC(=O)C#N.CCC(=O)Cl.CCC(=O)F.CCC(=O)N=[N+]=[N-].CCC(=O)OC(Cl)C(Cl)(Cl)Cl.CCC(=O)ON1C(=O)C2C3C=CC(C3)C2C1=O.CCC(=O)ON1C(=O)CCC1=O.CCC(=O)Oc1ccc(C)cc1.CCC(=O)Oc1ccc([S+](C)C)cc1.CCC(=O)Oc1ccccn1.CCC(=O)Sc1ccccn1.CCC(=O)n1cc[n+](C)c1.CCC(=O)n1ccoc1=O.[Cl-]. The Morgan fingerprint density at radius 3 is 1.40 bits per heavy atom. The van der Waals surface area contributed by atoms with Crippen LogP contribution in [0.15, 0.2) is 177 Å². The van der Waals surface area contributed by atoms with Gasteiger partial charge in [-0.1, -0.05) is 185 Å². The Balaban J connectivity index is -0.000000476. The average Bonchev–Trinajstić information content (AvgIpc) is 1.57. The summed E-state index contributed by atoms with van der Waals surface area (Å²) in [5.74, 6) is -4.36. The predicted octanol–water partition coefficient (Wildman–Crippen LogP) is 14.3. The van der Waals surface area contributed by atoms with Crippen LogP contribution in [0.25, 0.3) is 10.4 Å². The molecule has 141 heavy (non-hydrogen) atoms. The van der Waals surface area contributed by atoms with Gasteiger partial charge in [-0.25, -0.2) is 38.3 Å². The molecule has 0 N–H and O–H groups in total. The minimum absolute atomic E-state index is 0. The summed E-state index contributed by atoms with van der Waals surface area (Å²) in [5, 5.41) is 12.4. The lowest BCUT2D eigenvalue weighted by atomic mass is 9.85. The first-order valence-electron chi connectivity index (χ1n) is 43.2. The molecule has 6 heterocycles. The summed E-state index contributed by atoms with van der Waals surface area (Å²) in [7, 11) is 3.54. The van der Waals surface area contributed by atoms with Crippen molar-refractivity contribution in [2.75, 3.05) is 19.6 Å². The fourth-order valence-electron chi connectivity index (χ4n) is 9.05. The van der Waals surface area contributed by atoms with E-state index in [0.29, 0.717) is 85.3 Å². The van der Waals surface area contributed by atoms with Gasteiger partial charge in [0.2, 0.25) is 38.1 Å². The first-order valence-corrected chi connectivity index (χ1v) is 48.0. The lowest BCUT2D eigenvalue weighted by Gasteiger charge is -2.17. The summed E-state index contributed by atoms with van der Waals surface area (Å²) >= 11 is 27.3. The molecule has 6 aromatic rings. The van der Waals surface area contributed by atoms with Crippen LogP contribution in [0.4, 0.5) is 4.39 Å². The molecule has 5 amide bonds. The molecule has 3 fully saturated rings. The number of rotatable bonds is 24. The third-order valence-electron chi connectivity index (χ3n) is 16.5. The molecule has 4 aromatic heterocycles. The third-order valence-corrected chi connectivity index (χ3v) is 20.3. The van der Waals surface area contributed by atoms with Crippen LogP contribution in [-0.2, 0) is 119 Å². The molecule has 2 aliphatic carbocycles. The molecule has 0 radical (unpaired) electrons. The number of alkyl halides is 4. The minimum Gasteiger partial charge on any atom is -1.00 e. The molecule has 2 aromatic carbocycles. The van der Waals surface area contributed by atoms with E-state index in [1.54, 1.807) is 136 Å². The maximum atomic E-state index is 12.0. The molecular weight excluding hydrogens is 2010 g/mol. The van der Waals surface area contributed by atoms with Crippen LogP contribution in [0.3, 0.4) is 0 Å². The molecule has 5 atom stereocenters. The minimum atomic E-state index is -1.77. The zero-order valence-corrected chi connectivity index (χ0v) is 87.9. The highest BCUT2D eigenvalue weighted by atomic mass is 35.6. The van der Waals surface area contributed by atoms with Crippen molar-refractivity contribution in [3.8, 4) is 23.4 Å². The molecule has 776 valence electrons. The van der Waals surface area contributed by atoms with Gasteiger partial charge in [-0.3, -0.25) is 71.9 Å². The summed E-state index contributed by atoms with van der Waals surface area (Å²) < 4.78 is 46.1. The standard InChI is InChI=1S/C12H13NO4.C11H15O2S.C10H12O2.C8H9NO2.C8H9NOS.C7H11N2O.C7H9NO4.C6H7NO3.C6H10O3.C5H6Cl4O2.C4H5NO.C3H5ClO.C3H5FO.C3H5N3O.ClH/c1-2-8(14)17-13-11(15)9-6-3-4-7(5-6)10(9)12(13)16;1-4-11(12)13-9-5-7-10(8-6-9)14(2)3;1-3-10(11)12-9-6-4-8(2)5-7-9;2*1-2-8(10)11-7-5-3-4-6-9-7;1-3-7(10)9-5-4-8(2)6-9;1-2-7(11)12-8-5(9)3-4-6(8)10;1-2-5(8)7-3-4-10-6(7)9;1-4-6(7)9-5(2)8-3;1-2-3(10)11-4(6)5(7,8)9;1-2-4(6)3-5;2*1-2-3(4)5;1-2-3(7)5-6-4;/h3-4,6-7,9-10H,2,5H2,1H3;5-8H,4H2,1-3H3;4-7H,3H2,1-2H3;2*3-6H,2H2,1H3;4-6H,3H2,1-2H3;2-4H2,1H3;3-4H,2H2,1H3;2,4H2,1,3H3;4H,2H2,1H3;2H2,1H3;2*2H2,1H3;2H2,1H3;1H/q;+1;;;;+1;;;;;;;;;/p-1. The first-order chi connectivity index (χ1) is 66.0. The van der Waals surface area contributed by atoms with E-state index in [2.05, 4.69) is 62.5 Å². The number of nitrogens with zero attached hydrogens (tertiary/aromatic N) is 11. The Labute approximate surface area is 856 Å². The quantitative estimate of drug-likeness (QED) is 0.00431. The molecule has 4 aliphatic rings. The number of allylic oxidation sites excluding steroid dienone is 2. The van der Waals surface area contributed by atoms with Crippen molar-refractivity contribution < 1.29 is 150 Å². The normalized spacial score (nSPS) is 13.5. The van der Waals surface area contributed by atoms with Gasteiger partial charge in [-0.05, 0) is 120 Å². The van der Waals surface area contributed by atoms with Crippen molar-refractivity contribution in [1.82, 2.24) is 29.2 Å². The van der Waals surface area contributed by atoms with Crippen LogP contribution in [0, 0.1) is 41.9 Å². The number of aromatic nitrogens is 5. The number of aryl methyl sites for hydroxylation is 2. The van der Waals surface area contributed by atoms with Gasteiger partial charge in [0.1, 0.15) is 53.8 Å². The summed E-state index contributed by atoms with van der Waals surface area (Å²) in [6.45, 7) is 29.0. The number of oxazole rings is 1. The largest absolute Gasteiger partial charge is 1.00 e. The summed E-state index contributed by atoms with van der Waals surface area (Å²) in [5.41, 5.74) is 7.53. The van der Waals surface area contributed by atoms with E-state index >= 15 is 0 Å². The summed E-state index contributed by atoms with van der Waals surface area (Å²) in [6.07, 6.45) is 25.1. The first kappa shape index (κ1) is 137. The molecule has 0 spiro atoms.